The lowest BCUT2D eigenvalue weighted by atomic mass is 10.1. The third-order valence-electron chi connectivity index (χ3n) is 3.30. The summed E-state index contributed by atoms with van der Waals surface area (Å²) < 4.78 is 5.58. The van der Waals surface area contributed by atoms with Gasteiger partial charge in [-0.3, -0.25) is 10.1 Å². The molecule has 1 N–H and O–H groups in total. The Kier molecular flexibility index (Phi) is 8.43. The van der Waals surface area contributed by atoms with Gasteiger partial charge in [0.1, 0.15) is 0 Å². The first-order valence-corrected chi connectivity index (χ1v) is 7.79. The number of ether oxygens (including phenoxy) is 1. The van der Waals surface area contributed by atoms with E-state index in [-0.39, 0.29) is 10.6 Å². The zero-order chi connectivity index (χ0) is 15.5. The average Bonchev–Trinajstić information content (AvgIpc) is 2.49. The van der Waals surface area contributed by atoms with Gasteiger partial charge < -0.3 is 10.1 Å². The van der Waals surface area contributed by atoms with Crippen LogP contribution < -0.4 is 10.1 Å². The number of hydrogen-bond donors (Lipinski definition) is 1. The Morgan fingerprint density at radius 1 is 1.19 bits per heavy atom. The lowest BCUT2D eigenvalue weighted by Gasteiger charge is -2.08. The van der Waals surface area contributed by atoms with Crippen molar-refractivity contribution < 1.29 is 9.66 Å². The fourth-order valence-electron chi connectivity index (χ4n) is 2.09. The van der Waals surface area contributed by atoms with Gasteiger partial charge in [0.2, 0.25) is 0 Å². The largest absolute Gasteiger partial charge is 0.487 e. The highest BCUT2D eigenvalue weighted by atomic mass is 16.6. The summed E-state index contributed by atoms with van der Waals surface area (Å²) in [4.78, 5) is 10.8. The number of rotatable bonds is 11. The van der Waals surface area contributed by atoms with Crippen LogP contribution >= 0.6 is 0 Å². The van der Waals surface area contributed by atoms with Gasteiger partial charge in [-0.15, -0.1) is 0 Å². The number of benzene rings is 1. The fourth-order valence-corrected chi connectivity index (χ4v) is 2.09. The van der Waals surface area contributed by atoms with Crippen LogP contribution in [0.1, 0.15) is 51.5 Å². The third kappa shape index (κ3) is 6.58. The van der Waals surface area contributed by atoms with Crippen molar-refractivity contribution in [1.82, 2.24) is 5.32 Å². The van der Waals surface area contributed by atoms with Gasteiger partial charge in [0.15, 0.2) is 5.75 Å². The van der Waals surface area contributed by atoms with Gasteiger partial charge in [0.05, 0.1) is 11.5 Å². The number of nitrogens with one attached hydrogen (secondary N) is 1. The molecular weight excluding hydrogens is 268 g/mol. The second-order valence-electron chi connectivity index (χ2n) is 5.10. The van der Waals surface area contributed by atoms with Crippen molar-refractivity contribution in [3.63, 3.8) is 0 Å². The second-order valence-corrected chi connectivity index (χ2v) is 5.10. The first kappa shape index (κ1) is 17.4. The fraction of sp³-hybridized carbons (Fsp3) is 0.625. The molecule has 0 aromatic heterocycles. The van der Waals surface area contributed by atoms with Crippen LogP contribution in [0.15, 0.2) is 18.2 Å². The minimum atomic E-state index is -0.373. The van der Waals surface area contributed by atoms with Crippen LogP contribution in [-0.2, 0) is 6.54 Å². The Balaban J connectivity index is 2.54. The van der Waals surface area contributed by atoms with E-state index in [2.05, 4.69) is 12.2 Å². The maximum absolute atomic E-state index is 11.1. The molecule has 0 fully saturated rings. The molecule has 0 heterocycles. The predicted molar refractivity (Wildman–Crippen MR) is 84.7 cm³/mol. The molecule has 0 atom stereocenters. The van der Waals surface area contributed by atoms with Crippen molar-refractivity contribution >= 4 is 5.69 Å². The minimum absolute atomic E-state index is 0.0546. The van der Waals surface area contributed by atoms with E-state index in [0.717, 1.165) is 24.9 Å². The summed E-state index contributed by atoms with van der Waals surface area (Å²) in [7, 11) is 0. The molecule has 5 heteroatoms. The zero-order valence-corrected chi connectivity index (χ0v) is 13.1. The van der Waals surface area contributed by atoms with Gasteiger partial charge in [0.25, 0.3) is 0 Å². The monoisotopic (exact) mass is 294 g/mol. The molecule has 1 aromatic carbocycles. The molecular formula is C16H26N2O3. The van der Waals surface area contributed by atoms with Crippen molar-refractivity contribution in [1.29, 1.82) is 0 Å². The Bertz CT molecular complexity index is 436. The van der Waals surface area contributed by atoms with Crippen molar-refractivity contribution in [2.24, 2.45) is 0 Å². The van der Waals surface area contributed by atoms with Crippen molar-refractivity contribution in [3.05, 3.63) is 33.9 Å². The van der Waals surface area contributed by atoms with Gasteiger partial charge in [-0.1, -0.05) is 45.6 Å². The van der Waals surface area contributed by atoms with E-state index in [1.165, 1.54) is 19.3 Å². The normalized spacial score (nSPS) is 10.6. The zero-order valence-electron chi connectivity index (χ0n) is 13.1. The highest BCUT2D eigenvalue weighted by Gasteiger charge is 2.15. The molecule has 0 bridgehead atoms. The smallest absolute Gasteiger partial charge is 0.311 e. The van der Waals surface area contributed by atoms with E-state index in [1.807, 2.05) is 13.0 Å². The summed E-state index contributed by atoms with van der Waals surface area (Å²) in [6.07, 6.45) is 5.69. The topological polar surface area (TPSA) is 64.4 Å². The summed E-state index contributed by atoms with van der Waals surface area (Å²) in [5.41, 5.74) is 0.956. The maximum atomic E-state index is 11.1. The molecule has 0 saturated heterocycles. The molecule has 0 radical (unpaired) electrons. The van der Waals surface area contributed by atoms with Gasteiger partial charge in [-0.25, -0.2) is 0 Å². The molecule has 0 spiro atoms. The lowest BCUT2D eigenvalue weighted by molar-refractivity contribution is -0.385. The SMILES string of the molecule is CCCCCCCOc1ccc(CNCC)cc1[N+](=O)[O-]. The quantitative estimate of drug-likeness (QED) is 0.380. The van der Waals surface area contributed by atoms with Crippen molar-refractivity contribution in [3.8, 4) is 5.75 Å². The maximum Gasteiger partial charge on any atom is 0.311 e. The van der Waals surface area contributed by atoms with Gasteiger partial charge in [-0.2, -0.15) is 0 Å². The molecule has 0 aliphatic heterocycles. The predicted octanol–water partition coefficient (Wildman–Crippen LogP) is 4.05. The van der Waals surface area contributed by atoms with Crippen LogP contribution in [0.25, 0.3) is 0 Å². The lowest BCUT2D eigenvalue weighted by Crippen LogP contribution is -2.12. The van der Waals surface area contributed by atoms with E-state index in [1.54, 1.807) is 12.1 Å². The Hall–Kier alpha value is -1.62. The Morgan fingerprint density at radius 3 is 2.62 bits per heavy atom. The second kappa shape index (κ2) is 10.2. The molecule has 1 rings (SSSR count). The van der Waals surface area contributed by atoms with E-state index >= 15 is 0 Å². The van der Waals surface area contributed by atoms with E-state index in [4.69, 9.17) is 4.74 Å². The molecule has 1 aromatic rings. The minimum Gasteiger partial charge on any atom is -0.487 e. The molecule has 0 unspecified atom stereocenters. The molecule has 0 aliphatic carbocycles. The first-order valence-electron chi connectivity index (χ1n) is 7.79. The summed E-state index contributed by atoms with van der Waals surface area (Å²) in [5, 5.41) is 14.3. The molecule has 5 nitrogen and oxygen atoms in total. The Morgan fingerprint density at radius 2 is 1.95 bits per heavy atom. The van der Waals surface area contributed by atoms with Gasteiger partial charge in [-0.05, 0) is 24.6 Å². The van der Waals surface area contributed by atoms with Crippen LogP contribution in [-0.4, -0.2) is 18.1 Å². The Labute approximate surface area is 126 Å². The summed E-state index contributed by atoms with van der Waals surface area (Å²) in [6, 6.07) is 5.17. The number of nitro groups is 1. The number of hydrogen-bond acceptors (Lipinski definition) is 4. The summed E-state index contributed by atoms with van der Waals surface area (Å²) in [5.74, 6) is 0.371. The van der Waals surface area contributed by atoms with E-state index in [0.29, 0.717) is 18.9 Å². The van der Waals surface area contributed by atoms with Gasteiger partial charge >= 0.3 is 5.69 Å². The van der Waals surface area contributed by atoms with Crippen LogP contribution in [0.3, 0.4) is 0 Å². The molecule has 0 saturated carbocycles. The van der Waals surface area contributed by atoms with Crippen molar-refractivity contribution in [2.45, 2.75) is 52.5 Å². The first-order chi connectivity index (χ1) is 10.2. The molecule has 0 amide bonds. The van der Waals surface area contributed by atoms with Crippen LogP contribution in [0.4, 0.5) is 5.69 Å². The number of nitro benzene ring substituents is 1. The third-order valence-corrected chi connectivity index (χ3v) is 3.30. The molecule has 0 aliphatic rings. The van der Waals surface area contributed by atoms with Crippen LogP contribution in [0.2, 0.25) is 0 Å². The van der Waals surface area contributed by atoms with E-state index in [9.17, 15) is 10.1 Å². The van der Waals surface area contributed by atoms with Crippen LogP contribution in [0, 0.1) is 10.1 Å². The van der Waals surface area contributed by atoms with Crippen LogP contribution in [0.5, 0.6) is 5.75 Å². The highest BCUT2D eigenvalue weighted by Crippen LogP contribution is 2.28. The average molecular weight is 294 g/mol. The van der Waals surface area contributed by atoms with Crippen molar-refractivity contribution in [2.75, 3.05) is 13.2 Å². The van der Waals surface area contributed by atoms with E-state index < -0.39 is 0 Å². The standard InChI is InChI=1S/C16H26N2O3/c1-3-5-6-7-8-11-21-16-10-9-14(13-17-4-2)12-15(16)18(19)20/h9-10,12,17H,3-8,11,13H2,1-2H3. The summed E-state index contributed by atoms with van der Waals surface area (Å²) >= 11 is 0. The van der Waals surface area contributed by atoms with Gasteiger partial charge in [0, 0.05) is 12.6 Å². The summed E-state index contributed by atoms with van der Waals surface area (Å²) in [6.45, 7) is 6.19. The molecule has 118 valence electrons. The highest BCUT2D eigenvalue weighted by molar-refractivity contribution is 5.48. The number of nitrogens with zero attached hydrogens (tertiary/aromatic N) is 1. The molecule has 21 heavy (non-hydrogen) atoms. The number of unbranched alkanes of at least 4 members (excludes halogenated alkanes) is 4.